The topological polar surface area (TPSA) is 64.9 Å². The van der Waals surface area contributed by atoms with E-state index in [4.69, 9.17) is 10.2 Å². The molecule has 0 spiro atoms. The van der Waals surface area contributed by atoms with Crippen molar-refractivity contribution in [3.05, 3.63) is 29.7 Å². The van der Waals surface area contributed by atoms with Crippen LogP contribution in [-0.2, 0) is 0 Å². The third-order valence-corrected chi connectivity index (χ3v) is 3.83. The lowest BCUT2D eigenvalue weighted by Crippen LogP contribution is -2.04. The van der Waals surface area contributed by atoms with Gasteiger partial charge in [0, 0.05) is 11.6 Å². The third kappa shape index (κ3) is 2.48. The van der Waals surface area contributed by atoms with Crippen LogP contribution in [0.4, 0.5) is 5.69 Å². The molecule has 0 radical (unpaired) electrons. The van der Waals surface area contributed by atoms with E-state index in [2.05, 4.69) is 10.2 Å². The van der Waals surface area contributed by atoms with Crippen molar-refractivity contribution in [1.82, 2.24) is 10.2 Å². The first kappa shape index (κ1) is 12.2. The SMILES string of the molecule is Cc1ccc(N)c(-c2nnc(C3CCCCC3)o2)c1. The van der Waals surface area contributed by atoms with Crippen LogP contribution in [0.2, 0.25) is 0 Å². The maximum Gasteiger partial charge on any atom is 0.249 e. The maximum atomic E-state index is 5.98. The number of nitrogens with two attached hydrogens (primary N) is 1. The Morgan fingerprint density at radius 1 is 1.16 bits per heavy atom. The van der Waals surface area contributed by atoms with Crippen molar-refractivity contribution in [2.75, 3.05) is 5.73 Å². The Labute approximate surface area is 113 Å². The van der Waals surface area contributed by atoms with Crippen LogP contribution < -0.4 is 5.73 Å². The van der Waals surface area contributed by atoms with Crippen LogP contribution in [0.15, 0.2) is 22.6 Å². The summed E-state index contributed by atoms with van der Waals surface area (Å²) in [5.41, 5.74) is 8.65. The fourth-order valence-electron chi connectivity index (χ4n) is 2.71. The van der Waals surface area contributed by atoms with Gasteiger partial charge in [0.05, 0.1) is 5.56 Å². The summed E-state index contributed by atoms with van der Waals surface area (Å²) in [5.74, 6) is 1.75. The lowest BCUT2D eigenvalue weighted by Gasteiger charge is -2.17. The zero-order valence-electron chi connectivity index (χ0n) is 11.2. The molecule has 4 nitrogen and oxygen atoms in total. The number of nitrogen functional groups attached to an aromatic ring is 1. The quantitative estimate of drug-likeness (QED) is 0.833. The molecule has 100 valence electrons. The van der Waals surface area contributed by atoms with Crippen LogP contribution in [0.3, 0.4) is 0 Å². The van der Waals surface area contributed by atoms with Crippen LogP contribution in [-0.4, -0.2) is 10.2 Å². The lowest BCUT2D eigenvalue weighted by atomic mass is 9.89. The molecule has 0 amide bonds. The van der Waals surface area contributed by atoms with E-state index in [1.54, 1.807) is 0 Å². The zero-order chi connectivity index (χ0) is 13.2. The van der Waals surface area contributed by atoms with Gasteiger partial charge in [-0.3, -0.25) is 0 Å². The molecule has 1 fully saturated rings. The van der Waals surface area contributed by atoms with Gasteiger partial charge in [0.1, 0.15) is 0 Å². The van der Waals surface area contributed by atoms with E-state index in [1.807, 2.05) is 25.1 Å². The molecule has 1 saturated carbocycles. The van der Waals surface area contributed by atoms with Crippen molar-refractivity contribution in [2.24, 2.45) is 0 Å². The molecule has 1 aliphatic carbocycles. The first-order valence-corrected chi connectivity index (χ1v) is 6.94. The predicted octanol–water partition coefficient (Wildman–Crippen LogP) is 3.67. The molecule has 0 atom stereocenters. The van der Waals surface area contributed by atoms with E-state index in [-0.39, 0.29) is 0 Å². The molecule has 4 heteroatoms. The second kappa shape index (κ2) is 5.03. The molecule has 1 heterocycles. The summed E-state index contributed by atoms with van der Waals surface area (Å²) < 4.78 is 5.84. The second-order valence-electron chi connectivity index (χ2n) is 5.37. The number of benzene rings is 1. The predicted molar refractivity (Wildman–Crippen MR) is 74.7 cm³/mol. The van der Waals surface area contributed by atoms with Crippen molar-refractivity contribution in [3.63, 3.8) is 0 Å². The minimum Gasteiger partial charge on any atom is -0.420 e. The molecule has 0 bridgehead atoms. The first-order chi connectivity index (χ1) is 9.24. The van der Waals surface area contributed by atoms with Crippen LogP contribution in [0.1, 0.15) is 49.5 Å². The fraction of sp³-hybridized carbons (Fsp3) is 0.467. The van der Waals surface area contributed by atoms with Crippen molar-refractivity contribution in [1.29, 1.82) is 0 Å². The monoisotopic (exact) mass is 257 g/mol. The molecule has 2 aromatic rings. The molecule has 0 saturated heterocycles. The summed E-state index contributed by atoms with van der Waals surface area (Å²) in [7, 11) is 0. The molecular weight excluding hydrogens is 238 g/mol. The van der Waals surface area contributed by atoms with Crippen LogP contribution >= 0.6 is 0 Å². The fourth-order valence-corrected chi connectivity index (χ4v) is 2.71. The smallest absolute Gasteiger partial charge is 0.249 e. The van der Waals surface area contributed by atoms with Gasteiger partial charge < -0.3 is 10.2 Å². The standard InChI is InChI=1S/C15H19N3O/c1-10-7-8-13(16)12(9-10)15-18-17-14(19-15)11-5-3-2-4-6-11/h7-9,11H,2-6,16H2,1H3. The minimum atomic E-state index is 0.432. The van der Waals surface area contributed by atoms with E-state index in [0.29, 0.717) is 17.5 Å². The lowest BCUT2D eigenvalue weighted by molar-refractivity contribution is 0.367. The van der Waals surface area contributed by atoms with Gasteiger partial charge in [0.25, 0.3) is 0 Å². The van der Waals surface area contributed by atoms with Gasteiger partial charge in [-0.15, -0.1) is 10.2 Å². The number of rotatable bonds is 2. The Balaban J connectivity index is 1.89. The van der Waals surface area contributed by atoms with Gasteiger partial charge in [0.15, 0.2) is 0 Å². The van der Waals surface area contributed by atoms with Gasteiger partial charge in [0.2, 0.25) is 11.8 Å². The highest BCUT2D eigenvalue weighted by Crippen LogP contribution is 2.34. The van der Waals surface area contributed by atoms with E-state index in [0.717, 1.165) is 29.9 Å². The molecule has 1 aliphatic rings. The maximum absolute atomic E-state index is 5.98. The van der Waals surface area contributed by atoms with Gasteiger partial charge in [-0.05, 0) is 31.9 Å². The van der Waals surface area contributed by atoms with Crippen LogP contribution in [0.25, 0.3) is 11.5 Å². The summed E-state index contributed by atoms with van der Waals surface area (Å²) >= 11 is 0. The zero-order valence-corrected chi connectivity index (χ0v) is 11.2. The van der Waals surface area contributed by atoms with Crippen molar-refractivity contribution < 1.29 is 4.42 Å². The largest absolute Gasteiger partial charge is 0.420 e. The second-order valence-corrected chi connectivity index (χ2v) is 5.37. The molecule has 3 rings (SSSR count). The molecular formula is C15H19N3O. The van der Waals surface area contributed by atoms with Crippen molar-refractivity contribution >= 4 is 5.69 Å². The van der Waals surface area contributed by atoms with Gasteiger partial charge in [-0.25, -0.2) is 0 Å². The summed E-state index contributed by atoms with van der Waals surface area (Å²) in [6, 6.07) is 5.86. The van der Waals surface area contributed by atoms with Gasteiger partial charge >= 0.3 is 0 Å². The van der Waals surface area contributed by atoms with Crippen LogP contribution in [0.5, 0.6) is 0 Å². The van der Waals surface area contributed by atoms with E-state index in [9.17, 15) is 0 Å². The highest BCUT2D eigenvalue weighted by Gasteiger charge is 2.22. The number of anilines is 1. The molecule has 2 N–H and O–H groups in total. The number of hydrogen-bond donors (Lipinski definition) is 1. The summed E-state index contributed by atoms with van der Waals surface area (Å²) in [5, 5.41) is 8.38. The number of nitrogens with zero attached hydrogens (tertiary/aromatic N) is 2. The Morgan fingerprint density at radius 2 is 1.95 bits per heavy atom. The molecule has 1 aromatic carbocycles. The number of aryl methyl sites for hydroxylation is 1. The van der Waals surface area contributed by atoms with E-state index in [1.165, 1.54) is 19.3 Å². The highest BCUT2D eigenvalue weighted by molar-refractivity contribution is 5.70. The van der Waals surface area contributed by atoms with Gasteiger partial charge in [-0.2, -0.15) is 0 Å². The third-order valence-electron chi connectivity index (χ3n) is 3.83. The summed E-state index contributed by atoms with van der Waals surface area (Å²) in [6.45, 7) is 2.03. The Kier molecular flexibility index (Phi) is 3.23. The molecule has 1 aromatic heterocycles. The Hall–Kier alpha value is -1.84. The first-order valence-electron chi connectivity index (χ1n) is 6.94. The van der Waals surface area contributed by atoms with Crippen molar-refractivity contribution in [3.8, 4) is 11.5 Å². The Morgan fingerprint density at radius 3 is 2.74 bits per heavy atom. The summed E-state index contributed by atoms with van der Waals surface area (Å²) in [4.78, 5) is 0. The van der Waals surface area contributed by atoms with E-state index >= 15 is 0 Å². The average molecular weight is 257 g/mol. The molecule has 19 heavy (non-hydrogen) atoms. The summed E-state index contributed by atoms with van der Waals surface area (Å²) in [6.07, 6.45) is 6.15. The number of hydrogen-bond acceptors (Lipinski definition) is 4. The van der Waals surface area contributed by atoms with Crippen LogP contribution in [0, 0.1) is 6.92 Å². The normalized spacial score (nSPS) is 16.7. The average Bonchev–Trinajstić information content (AvgIpc) is 2.92. The molecule has 0 aliphatic heterocycles. The Bertz CT molecular complexity index is 571. The minimum absolute atomic E-state index is 0.432. The highest BCUT2D eigenvalue weighted by atomic mass is 16.4. The van der Waals surface area contributed by atoms with Gasteiger partial charge in [-0.1, -0.05) is 30.9 Å². The van der Waals surface area contributed by atoms with E-state index < -0.39 is 0 Å². The number of aromatic nitrogens is 2. The molecule has 0 unspecified atom stereocenters. The van der Waals surface area contributed by atoms with Crippen molar-refractivity contribution in [2.45, 2.75) is 44.9 Å².